The van der Waals surface area contributed by atoms with E-state index in [1.54, 1.807) is 24.3 Å². The second-order valence-electron chi connectivity index (χ2n) is 5.79. The topological polar surface area (TPSA) is 32.3 Å². The van der Waals surface area contributed by atoms with Crippen LogP contribution in [0.15, 0.2) is 36.4 Å². The Morgan fingerprint density at radius 3 is 2.46 bits per heavy atom. The summed E-state index contributed by atoms with van der Waals surface area (Å²) in [6.07, 6.45) is 3.34. The van der Waals surface area contributed by atoms with E-state index in [0.717, 1.165) is 25.9 Å². The van der Waals surface area contributed by atoms with Crippen LogP contribution in [0, 0.1) is 5.82 Å². The molecule has 3 rings (SSSR count). The Labute approximate surface area is 150 Å². The molecule has 1 fully saturated rings. The van der Waals surface area contributed by atoms with Crippen molar-refractivity contribution in [3.8, 4) is 0 Å². The Morgan fingerprint density at radius 1 is 1.04 bits per heavy atom. The largest absolute Gasteiger partial charge is 0.369 e. The average molecular weight is 367 g/mol. The summed E-state index contributed by atoms with van der Waals surface area (Å²) in [6.45, 7) is 1.73. The molecule has 1 aliphatic heterocycles. The molecule has 0 aliphatic carbocycles. The Bertz CT molecular complexity index is 761. The Kier molecular flexibility index (Phi) is 5.27. The van der Waals surface area contributed by atoms with Crippen molar-refractivity contribution in [2.75, 3.05) is 23.3 Å². The van der Waals surface area contributed by atoms with E-state index in [9.17, 15) is 9.18 Å². The molecule has 2 aromatic rings. The van der Waals surface area contributed by atoms with Crippen LogP contribution in [0.25, 0.3) is 0 Å². The smallest absolute Gasteiger partial charge is 0.257 e. The lowest BCUT2D eigenvalue weighted by molar-refractivity contribution is 0.102. The molecule has 0 aromatic heterocycles. The molecule has 2 aromatic carbocycles. The number of hydrogen-bond acceptors (Lipinski definition) is 2. The minimum absolute atomic E-state index is 0.255. The summed E-state index contributed by atoms with van der Waals surface area (Å²) in [5, 5.41) is 3.37. The summed E-state index contributed by atoms with van der Waals surface area (Å²) in [7, 11) is 0. The van der Waals surface area contributed by atoms with Gasteiger partial charge in [-0.3, -0.25) is 4.79 Å². The minimum atomic E-state index is -0.401. The number of halogens is 3. The molecule has 1 amide bonds. The summed E-state index contributed by atoms with van der Waals surface area (Å²) in [5.41, 5.74) is 1.27. The molecule has 6 heteroatoms. The van der Waals surface area contributed by atoms with Crippen LogP contribution < -0.4 is 10.2 Å². The fourth-order valence-electron chi connectivity index (χ4n) is 2.85. The number of carbonyl (C=O) groups excluding carboxylic acids is 1. The van der Waals surface area contributed by atoms with E-state index in [-0.39, 0.29) is 10.8 Å². The van der Waals surface area contributed by atoms with Crippen molar-refractivity contribution in [3.63, 3.8) is 0 Å². The number of nitrogens with one attached hydrogen (secondary N) is 1. The molecule has 3 nitrogen and oxygen atoms in total. The first kappa shape index (κ1) is 17.1. The van der Waals surface area contributed by atoms with E-state index in [1.807, 2.05) is 4.90 Å². The molecule has 24 heavy (non-hydrogen) atoms. The van der Waals surface area contributed by atoms with Gasteiger partial charge < -0.3 is 10.2 Å². The monoisotopic (exact) mass is 366 g/mol. The fourth-order valence-corrected chi connectivity index (χ4v) is 3.34. The van der Waals surface area contributed by atoms with Crippen LogP contribution in [-0.4, -0.2) is 19.0 Å². The number of hydrogen-bond donors (Lipinski definition) is 1. The second-order valence-corrected chi connectivity index (χ2v) is 6.64. The highest BCUT2D eigenvalue weighted by atomic mass is 35.5. The van der Waals surface area contributed by atoms with Gasteiger partial charge in [-0.1, -0.05) is 23.2 Å². The van der Waals surface area contributed by atoms with Crippen LogP contribution in [0.2, 0.25) is 10.0 Å². The third kappa shape index (κ3) is 3.82. The van der Waals surface area contributed by atoms with Gasteiger partial charge in [-0.2, -0.15) is 0 Å². The zero-order chi connectivity index (χ0) is 17.1. The van der Waals surface area contributed by atoms with Crippen molar-refractivity contribution < 1.29 is 9.18 Å². The van der Waals surface area contributed by atoms with Crippen molar-refractivity contribution in [1.29, 1.82) is 0 Å². The van der Waals surface area contributed by atoms with Crippen molar-refractivity contribution in [2.45, 2.75) is 19.3 Å². The van der Waals surface area contributed by atoms with Crippen LogP contribution in [0.1, 0.15) is 29.6 Å². The van der Waals surface area contributed by atoms with E-state index in [2.05, 4.69) is 5.32 Å². The minimum Gasteiger partial charge on any atom is -0.369 e. The SMILES string of the molecule is O=C(Nc1ccc(N2CCCCC2)c(F)c1)c1ccc(Cl)cc1Cl. The number of piperidine rings is 1. The van der Waals surface area contributed by atoms with Crippen LogP contribution >= 0.6 is 23.2 Å². The predicted molar refractivity (Wildman–Crippen MR) is 96.9 cm³/mol. The zero-order valence-corrected chi connectivity index (χ0v) is 14.5. The number of anilines is 2. The van der Waals surface area contributed by atoms with Gasteiger partial charge in [0.25, 0.3) is 5.91 Å². The van der Waals surface area contributed by atoms with E-state index < -0.39 is 5.91 Å². The Morgan fingerprint density at radius 2 is 1.79 bits per heavy atom. The lowest BCUT2D eigenvalue weighted by Gasteiger charge is -2.29. The van der Waals surface area contributed by atoms with Gasteiger partial charge in [-0.05, 0) is 55.7 Å². The predicted octanol–water partition coefficient (Wildman–Crippen LogP) is 5.38. The third-order valence-corrected chi connectivity index (χ3v) is 4.63. The van der Waals surface area contributed by atoms with Crippen LogP contribution in [0.3, 0.4) is 0 Å². The van der Waals surface area contributed by atoms with Gasteiger partial charge in [0.15, 0.2) is 0 Å². The standard InChI is InChI=1S/C18H17Cl2FN2O/c19-12-4-6-14(15(20)10-12)18(24)22-13-5-7-17(16(21)11-13)23-8-2-1-3-9-23/h4-7,10-11H,1-3,8-9H2,(H,22,24). The number of carbonyl (C=O) groups is 1. The highest BCUT2D eigenvalue weighted by Crippen LogP contribution is 2.27. The van der Waals surface area contributed by atoms with E-state index in [0.29, 0.717) is 22.0 Å². The van der Waals surface area contributed by atoms with Crippen molar-refractivity contribution >= 4 is 40.5 Å². The van der Waals surface area contributed by atoms with Gasteiger partial charge in [-0.15, -0.1) is 0 Å². The maximum absolute atomic E-state index is 14.4. The van der Waals surface area contributed by atoms with Crippen LogP contribution in [0.5, 0.6) is 0 Å². The molecule has 1 aliphatic rings. The van der Waals surface area contributed by atoms with E-state index >= 15 is 0 Å². The Hall–Kier alpha value is -1.78. The maximum Gasteiger partial charge on any atom is 0.257 e. The fraction of sp³-hybridized carbons (Fsp3) is 0.278. The molecule has 0 spiro atoms. The molecule has 0 bridgehead atoms. The zero-order valence-electron chi connectivity index (χ0n) is 13.0. The highest BCUT2D eigenvalue weighted by Gasteiger charge is 2.16. The molecule has 1 heterocycles. The highest BCUT2D eigenvalue weighted by molar-refractivity contribution is 6.37. The molecule has 0 saturated carbocycles. The molecule has 1 saturated heterocycles. The second kappa shape index (κ2) is 7.41. The number of rotatable bonds is 3. The molecule has 1 N–H and O–H groups in total. The normalized spacial score (nSPS) is 14.5. The van der Waals surface area contributed by atoms with Gasteiger partial charge in [0.05, 0.1) is 16.3 Å². The molecular weight excluding hydrogens is 350 g/mol. The van der Waals surface area contributed by atoms with Gasteiger partial charge in [0.1, 0.15) is 5.82 Å². The number of benzene rings is 2. The van der Waals surface area contributed by atoms with Crippen molar-refractivity contribution in [1.82, 2.24) is 0 Å². The quantitative estimate of drug-likeness (QED) is 0.791. The average Bonchev–Trinajstić information content (AvgIpc) is 2.55. The molecule has 126 valence electrons. The first-order valence-corrected chi connectivity index (χ1v) is 8.61. The lowest BCUT2D eigenvalue weighted by Crippen LogP contribution is -2.30. The van der Waals surface area contributed by atoms with Crippen molar-refractivity contribution in [2.24, 2.45) is 0 Å². The van der Waals surface area contributed by atoms with Gasteiger partial charge >= 0.3 is 0 Å². The Balaban J connectivity index is 1.75. The molecule has 0 atom stereocenters. The van der Waals surface area contributed by atoms with Gasteiger partial charge in [-0.25, -0.2) is 4.39 Å². The van der Waals surface area contributed by atoms with Crippen LogP contribution in [-0.2, 0) is 0 Å². The first-order chi connectivity index (χ1) is 11.5. The summed E-state index contributed by atoms with van der Waals surface area (Å²) in [6, 6.07) is 9.37. The summed E-state index contributed by atoms with van der Waals surface area (Å²) in [5.74, 6) is -0.737. The lowest BCUT2D eigenvalue weighted by atomic mass is 10.1. The van der Waals surface area contributed by atoms with E-state index in [1.165, 1.54) is 18.6 Å². The third-order valence-electron chi connectivity index (χ3n) is 4.08. The van der Waals surface area contributed by atoms with E-state index in [4.69, 9.17) is 23.2 Å². The van der Waals surface area contributed by atoms with Gasteiger partial charge in [0, 0.05) is 23.8 Å². The molecule has 0 radical (unpaired) electrons. The van der Waals surface area contributed by atoms with Crippen molar-refractivity contribution in [3.05, 3.63) is 57.8 Å². The van der Waals surface area contributed by atoms with Gasteiger partial charge in [0.2, 0.25) is 0 Å². The first-order valence-electron chi connectivity index (χ1n) is 7.85. The number of nitrogens with zero attached hydrogens (tertiary/aromatic N) is 1. The molecular formula is C18H17Cl2FN2O. The summed E-state index contributed by atoms with van der Waals surface area (Å²) in [4.78, 5) is 14.3. The summed E-state index contributed by atoms with van der Waals surface area (Å²) < 4.78 is 14.4. The van der Waals surface area contributed by atoms with Crippen LogP contribution in [0.4, 0.5) is 15.8 Å². The number of amides is 1. The molecule has 0 unspecified atom stereocenters. The summed E-state index contributed by atoms with van der Waals surface area (Å²) >= 11 is 11.8. The maximum atomic E-state index is 14.4.